The fraction of sp³-hybridized carbons (Fsp3) is 0.900. The molecule has 0 heterocycles. The summed E-state index contributed by atoms with van der Waals surface area (Å²) in [5, 5.41) is 2.76. The Morgan fingerprint density at radius 3 is 2.41 bits per heavy atom. The van der Waals surface area contributed by atoms with Crippen LogP contribution < -0.4 is 5.32 Å². The minimum absolute atomic E-state index is 0.0464. The minimum Gasteiger partial charge on any atom is -0.355 e. The van der Waals surface area contributed by atoms with E-state index in [2.05, 4.69) is 21.2 Å². The summed E-state index contributed by atoms with van der Waals surface area (Å²) in [7, 11) is -3.13. The average Bonchev–Trinajstić information content (AvgIpc) is 2.25. The quantitative estimate of drug-likeness (QED) is 0.533. The predicted octanol–water partition coefficient (Wildman–Crippen LogP) is 0.948. The van der Waals surface area contributed by atoms with Crippen LogP contribution in [0.1, 0.15) is 26.7 Å². The first-order chi connectivity index (χ1) is 7.82. The molecule has 1 unspecified atom stereocenters. The van der Waals surface area contributed by atoms with Crippen molar-refractivity contribution in [1.82, 2.24) is 9.62 Å². The lowest BCUT2D eigenvalue weighted by atomic mass is 10.3. The van der Waals surface area contributed by atoms with Gasteiger partial charge in [0.25, 0.3) is 0 Å². The van der Waals surface area contributed by atoms with Gasteiger partial charge in [-0.1, -0.05) is 29.8 Å². The number of halogens is 1. The summed E-state index contributed by atoms with van der Waals surface area (Å²) in [6.07, 6.45) is 2.55. The molecule has 0 fully saturated rings. The van der Waals surface area contributed by atoms with E-state index in [1.54, 1.807) is 6.92 Å². The van der Waals surface area contributed by atoms with Gasteiger partial charge in [-0.15, -0.1) is 0 Å². The lowest BCUT2D eigenvalue weighted by Crippen LogP contribution is -2.35. The van der Waals surface area contributed by atoms with E-state index in [0.29, 0.717) is 26.1 Å². The van der Waals surface area contributed by atoms with Crippen LogP contribution in [0.25, 0.3) is 0 Å². The van der Waals surface area contributed by atoms with Crippen LogP contribution in [0, 0.1) is 0 Å². The predicted molar refractivity (Wildman–Crippen MR) is 72.7 cm³/mol. The Kier molecular flexibility index (Phi) is 7.98. The molecule has 0 saturated heterocycles. The van der Waals surface area contributed by atoms with E-state index in [1.165, 1.54) is 10.6 Å². The van der Waals surface area contributed by atoms with Gasteiger partial charge in [-0.05, 0) is 12.8 Å². The molecule has 0 aliphatic rings. The molecule has 5 nitrogen and oxygen atoms in total. The second-order valence-electron chi connectivity index (χ2n) is 3.78. The summed E-state index contributed by atoms with van der Waals surface area (Å²) < 4.78 is 23.9. The summed E-state index contributed by atoms with van der Waals surface area (Å²) in [6.45, 7) is 5.11. The Hall–Kier alpha value is -0.140. The maximum absolute atomic E-state index is 11.4. The highest BCUT2D eigenvalue weighted by Gasteiger charge is 2.14. The number of hydrogen-bond acceptors (Lipinski definition) is 3. The van der Waals surface area contributed by atoms with E-state index < -0.39 is 10.0 Å². The third-order valence-corrected chi connectivity index (χ3v) is 4.79. The lowest BCUT2D eigenvalue weighted by molar-refractivity contribution is -0.120. The van der Waals surface area contributed by atoms with E-state index in [1.807, 2.05) is 6.92 Å². The number of amides is 1. The Labute approximate surface area is 112 Å². The zero-order valence-electron chi connectivity index (χ0n) is 10.6. The van der Waals surface area contributed by atoms with E-state index in [4.69, 9.17) is 0 Å². The van der Waals surface area contributed by atoms with Gasteiger partial charge in [0.1, 0.15) is 0 Å². The van der Waals surface area contributed by atoms with Crippen molar-refractivity contribution in [2.24, 2.45) is 0 Å². The van der Waals surface area contributed by atoms with Crippen molar-refractivity contribution in [2.45, 2.75) is 31.5 Å². The van der Waals surface area contributed by atoms with Crippen LogP contribution in [0.2, 0.25) is 0 Å². The Morgan fingerprint density at radius 2 is 2.00 bits per heavy atom. The standard InChI is InChI=1S/C10H21BrN2O3S/c1-4-9(11)10(14)12-7-6-8-13(5-2)17(3,15)16/h9H,4-8H2,1-3H3,(H,12,14). The highest BCUT2D eigenvalue weighted by molar-refractivity contribution is 9.10. The third kappa shape index (κ3) is 7.00. The summed E-state index contributed by atoms with van der Waals surface area (Å²) >= 11 is 3.25. The van der Waals surface area contributed by atoms with Crippen LogP contribution in [0.5, 0.6) is 0 Å². The van der Waals surface area contributed by atoms with Crippen LogP contribution in [-0.4, -0.2) is 49.3 Å². The summed E-state index contributed by atoms with van der Waals surface area (Å²) in [6, 6.07) is 0. The smallest absolute Gasteiger partial charge is 0.233 e. The maximum atomic E-state index is 11.4. The highest BCUT2D eigenvalue weighted by atomic mass is 79.9. The van der Waals surface area contributed by atoms with Gasteiger partial charge in [0.15, 0.2) is 0 Å². The van der Waals surface area contributed by atoms with Crippen molar-refractivity contribution in [3.63, 3.8) is 0 Å². The molecule has 1 amide bonds. The summed E-state index contributed by atoms with van der Waals surface area (Å²) in [5.74, 6) is -0.0464. The van der Waals surface area contributed by atoms with E-state index in [-0.39, 0.29) is 10.7 Å². The normalized spacial score (nSPS) is 13.7. The molecule has 1 N–H and O–H groups in total. The van der Waals surface area contributed by atoms with E-state index in [9.17, 15) is 13.2 Å². The number of carbonyl (C=O) groups excluding carboxylic acids is 1. The number of carbonyl (C=O) groups is 1. The van der Waals surface area contributed by atoms with Crippen LogP contribution >= 0.6 is 15.9 Å². The maximum Gasteiger partial charge on any atom is 0.233 e. The number of alkyl halides is 1. The number of sulfonamides is 1. The van der Waals surface area contributed by atoms with Crippen molar-refractivity contribution in [1.29, 1.82) is 0 Å². The SMILES string of the molecule is CCC(Br)C(=O)NCCCN(CC)S(C)(=O)=O. The van der Waals surface area contributed by atoms with Gasteiger partial charge in [-0.3, -0.25) is 4.79 Å². The molecule has 0 aromatic rings. The largest absolute Gasteiger partial charge is 0.355 e. The monoisotopic (exact) mass is 328 g/mol. The van der Waals surface area contributed by atoms with Gasteiger partial charge in [-0.2, -0.15) is 0 Å². The van der Waals surface area contributed by atoms with Gasteiger partial charge in [0.05, 0.1) is 11.1 Å². The number of nitrogens with one attached hydrogen (secondary N) is 1. The molecule has 0 rings (SSSR count). The second-order valence-corrected chi connectivity index (χ2v) is 6.86. The molecule has 0 aliphatic carbocycles. The van der Waals surface area contributed by atoms with Gasteiger partial charge < -0.3 is 5.32 Å². The van der Waals surface area contributed by atoms with Crippen LogP contribution in [-0.2, 0) is 14.8 Å². The first-order valence-electron chi connectivity index (χ1n) is 5.69. The molecular formula is C10H21BrN2O3S. The van der Waals surface area contributed by atoms with Gasteiger partial charge in [0, 0.05) is 19.6 Å². The zero-order valence-corrected chi connectivity index (χ0v) is 13.0. The van der Waals surface area contributed by atoms with Gasteiger partial charge in [0.2, 0.25) is 15.9 Å². The van der Waals surface area contributed by atoms with Crippen molar-refractivity contribution >= 4 is 31.9 Å². The van der Waals surface area contributed by atoms with Crippen molar-refractivity contribution in [2.75, 3.05) is 25.9 Å². The van der Waals surface area contributed by atoms with Crippen molar-refractivity contribution < 1.29 is 13.2 Å². The molecule has 0 aromatic carbocycles. The first-order valence-corrected chi connectivity index (χ1v) is 8.46. The molecule has 0 aromatic heterocycles. The Morgan fingerprint density at radius 1 is 1.41 bits per heavy atom. The van der Waals surface area contributed by atoms with Gasteiger partial charge in [-0.25, -0.2) is 12.7 Å². The fourth-order valence-corrected chi connectivity index (χ4v) is 2.41. The molecule has 0 bridgehead atoms. The summed E-state index contributed by atoms with van der Waals surface area (Å²) in [5.41, 5.74) is 0. The molecule has 7 heteroatoms. The lowest BCUT2D eigenvalue weighted by Gasteiger charge is -2.17. The molecule has 0 spiro atoms. The Balaban J connectivity index is 3.89. The summed E-state index contributed by atoms with van der Waals surface area (Å²) in [4.78, 5) is 11.2. The molecule has 0 aliphatic heterocycles. The molecule has 1 atom stereocenters. The van der Waals surface area contributed by atoms with E-state index in [0.717, 1.165) is 6.42 Å². The second kappa shape index (κ2) is 8.05. The van der Waals surface area contributed by atoms with Crippen LogP contribution in [0.3, 0.4) is 0 Å². The van der Waals surface area contributed by atoms with Gasteiger partial charge >= 0.3 is 0 Å². The first kappa shape index (κ1) is 16.9. The molecule has 102 valence electrons. The average molecular weight is 329 g/mol. The fourth-order valence-electron chi connectivity index (χ4n) is 1.32. The topological polar surface area (TPSA) is 66.5 Å². The van der Waals surface area contributed by atoms with Crippen LogP contribution in [0.15, 0.2) is 0 Å². The van der Waals surface area contributed by atoms with Crippen LogP contribution in [0.4, 0.5) is 0 Å². The van der Waals surface area contributed by atoms with Crippen molar-refractivity contribution in [3.8, 4) is 0 Å². The molecule has 0 radical (unpaired) electrons. The number of hydrogen-bond donors (Lipinski definition) is 1. The third-order valence-electron chi connectivity index (χ3n) is 2.35. The Bertz CT molecular complexity index is 332. The van der Waals surface area contributed by atoms with Crippen molar-refractivity contribution in [3.05, 3.63) is 0 Å². The molecular weight excluding hydrogens is 308 g/mol. The molecule has 0 saturated carbocycles. The number of rotatable bonds is 8. The minimum atomic E-state index is -3.13. The number of nitrogens with zero attached hydrogens (tertiary/aromatic N) is 1. The zero-order chi connectivity index (χ0) is 13.5. The van der Waals surface area contributed by atoms with E-state index >= 15 is 0 Å². The molecule has 17 heavy (non-hydrogen) atoms. The highest BCUT2D eigenvalue weighted by Crippen LogP contribution is 2.03.